The van der Waals surface area contributed by atoms with Crippen molar-refractivity contribution in [2.75, 3.05) is 0 Å². The molecule has 51 heavy (non-hydrogen) atoms. The number of imidazole rings is 2. The number of carbonyl (C=O) groups excluding carboxylic acids is 3. The van der Waals surface area contributed by atoms with Crippen LogP contribution in [0.3, 0.4) is 0 Å². The smallest absolute Gasteiger partial charge is 0.290 e. The first kappa shape index (κ1) is 38.1. The number of nitrogens with zero attached hydrogens (tertiary/aromatic N) is 4. The average Bonchev–Trinajstić information content (AvgIpc) is 3.67. The van der Waals surface area contributed by atoms with Gasteiger partial charge < -0.3 is 24.9 Å². The number of ketones is 2. The van der Waals surface area contributed by atoms with Crippen LogP contribution >= 0.6 is 0 Å². The molecule has 2 fully saturated rings. The molecule has 0 bridgehead atoms. The number of nitrogens with one attached hydrogen (secondary N) is 1. The maximum absolute atomic E-state index is 12.9. The predicted octanol–water partition coefficient (Wildman–Crippen LogP) is 6.27. The summed E-state index contributed by atoms with van der Waals surface area (Å²) in [6.45, 7) is 4.01. The van der Waals surface area contributed by atoms with Gasteiger partial charge >= 0.3 is 0 Å². The molecule has 4 aromatic rings. The summed E-state index contributed by atoms with van der Waals surface area (Å²) in [5.41, 5.74) is 14.7. The molecule has 1 radical (unpaired) electrons. The highest BCUT2D eigenvalue weighted by atomic mass is 16.1. The monoisotopic (exact) mass is 689 g/mol. The molecule has 0 aliphatic heterocycles. The van der Waals surface area contributed by atoms with Gasteiger partial charge in [-0.2, -0.15) is 0 Å². The fraction of sp³-hybridized carbons (Fsp3) is 0.488. The highest BCUT2D eigenvalue weighted by Gasteiger charge is 2.29. The Hall–Kier alpha value is -4.15. The van der Waals surface area contributed by atoms with Crippen molar-refractivity contribution in [3.05, 3.63) is 83.7 Å². The van der Waals surface area contributed by atoms with E-state index in [1.54, 1.807) is 0 Å². The molecule has 0 saturated heterocycles. The van der Waals surface area contributed by atoms with E-state index < -0.39 is 0 Å². The first-order valence-electron chi connectivity index (χ1n) is 18.6. The summed E-state index contributed by atoms with van der Waals surface area (Å²) in [5, 5.41) is 3.05. The Morgan fingerprint density at radius 3 is 1.59 bits per heavy atom. The van der Waals surface area contributed by atoms with Gasteiger partial charge in [0.1, 0.15) is 0 Å². The van der Waals surface area contributed by atoms with Crippen LogP contribution in [0.4, 0.5) is 0 Å². The lowest BCUT2D eigenvalue weighted by molar-refractivity contribution is -0.122. The van der Waals surface area contributed by atoms with Crippen LogP contribution in [0.1, 0.15) is 86.7 Å². The summed E-state index contributed by atoms with van der Waals surface area (Å²) in [4.78, 5) is 44.8. The maximum atomic E-state index is 12.9. The van der Waals surface area contributed by atoms with E-state index in [1.165, 1.54) is 33.1 Å². The highest BCUT2D eigenvalue weighted by molar-refractivity contribution is 6.64. The fourth-order valence-electron chi connectivity index (χ4n) is 7.97. The summed E-state index contributed by atoms with van der Waals surface area (Å²) in [7, 11) is 5.35. The van der Waals surface area contributed by atoms with E-state index in [4.69, 9.17) is 5.73 Å². The van der Waals surface area contributed by atoms with Gasteiger partial charge in [0.25, 0.3) is 7.41 Å². The van der Waals surface area contributed by atoms with Crippen molar-refractivity contribution in [3.63, 3.8) is 0 Å². The highest BCUT2D eigenvalue weighted by Crippen LogP contribution is 2.29. The lowest BCUT2D eigenvalue weighted by Crippen LogP contribution is -2.46. The second-order valence-corrected chi connectivity index (χ2v) is 14.5. The van der Waals surface area contributed by atoms with Crippen LogP contribution in [0.2, 0.25) is 0 Å². The average molecular weight is 690 g/mol. The Morgan fingerprint density at radius 1 is 0.745 bits per heavy atom. The summed E-state index contributed by atoms with van der Waals surface area (Å²) < 4.78 is 4.03. The van der Waals surface area contributed by atoms with Crippen LogP contribution in [0.5, 0.6) is 0 Å². The fourth-order valence-corrected chi connectivity index (χ4v) is 7.97. The zero-order valence-corrected chi connectivity index (χ0v) is 30.8. The Bertz CT molecular complexity index is 1690. The van der Waals surface area contributed by atoms with E-state index in [-0.39, 0.29) is 23.7 Å². The molecule has 2 heterocycles. The molecule has 2 saturated carbocycles. The number of aromatic nitrogens is 4. The molecule has 2 atom stereocenters. The number of hydrogen-bond acceptors (Lipinski definition) is 7. The molecule has 2 aliphatic carbocycles. The first-order valence-corrected chi connectivity index (χ1v) is 18.6. The van der Waals surface area contributed by atoms with E-state index in [0.717, 1.165) is 83.6 Å². The Kier molecular flexibility index (Phi) is 13.7. The van der Waals surface area contributed by atoms with Crippen LogP contribution in [0.15, 0.2) is 61.2 Å². The third-order valence-electron chi connectivity index (χ3n) is 10.8. The van der Waals surface area contributed by atoms with Gasteiger partial charge in [0, 0.05) is 38.1 Å². The van der Waals surface area contributed by atoms with Crippen molar-refractivity contribution in [2.24, 2.45) is 31.7 Å². The molecule has 10 heteroatoms. The van der Waals surface area contributed by atoms with Gasteiger partial charge in [-0.05, 0) is 62.5 Å². The molecule has 0 amide bonds. The van der Waals surface area contributed by atoms with Crippen LogP contribution in [-0.2, 0) is 41.3 Å². The van der Waals surface area contributed by atoms with Gasteiger partial charge in [0.2, 0.25) is 0 Å². The largest absolute Gasteiger partial charge is 0.345 e. The molecule has 2 aromatic carbocycles. The number of benzene rings is 2. The predicted molar refractivity (Wildman–Crippen MR) is 205 cm³/mol. The third-order valence-corrected chi connectivity index (χ3v) is 10.8. The number of rotatable bonds is 13. The molecular formula is C41H54BN6O3. The topological polar surface area (TPSA) is 125 Å². The van der Waals surface area contributed by atoms with Crippen molar-refractivity contribution in [2.45, 2.75) is 103 Å². The van der Waals surface area contributed by atoms with Gasteiger partial charge in [-0.25, -0.2) is 9.97 Å². The molecule has 3 N–H and O–H groups in total. The van der Waals surface area contributed by atoms with E-state index in [0.29, 0.717) is 30.9 Å². The Balaban J connectivity index is 0.000000199. The number of carbonyl (C=O) groups is 3. The van der Waals surface area contributed by atoms with Crippen LogP contribution in [-0.4, -0.2) is 56.4 Å². The normalized spacial score (nSPS) is 16.5. The Morgan fingerprint density at radius 2 is 1.18 bits per heavy atom. The summed E-state index contributed by atoms with van der Waals surface area (Å²) in [5.74, 6) is 1.03. The summed E-state index contributed by atoms with van der Waals surface area (Å²) >= 11 is 0. The molecule has 0 spiro atoms. The number of hydrogen-bond donors (Lipinski definition) is 2. The molecule has 2 aliphatic rings. The Labute approximate surface area is 304 Å². The van der Waals surface area contributed by atoms with Gasteiger partial charge in [-0.15, -0.1) is 0 Å². The molecule has 0 unspecified atom stereocenters. The molecule has 269 valence electrons. The van der Waals surface area contributed by atoms with Crippen molar-refractivity contribution < 1.29 is 14.4 Å². The van der Waals surface area contributed by atoms with E-state index in [1.807, 2.05) is 86.1 Å². The summed E-state index contributed by atoms with van der Waals surface area (Å²) in [6, 6.07) is 15.8. The quantitative estimate of drug-likeness (QED) is 0.125. The van der Waals surface area contributed by atoms with Crippen molar-refractivity contribution in [3.8, 4) is 22.5 Å². The molecular weight excluding hydrogens is 635 g/mol. The molecule has 2 aromatic heterocycles. The van der Waals surface area contributed by atoms with Crippen LogP contribution in [0, 0.1) is 25.7 Å². The first-order chi connectivity index (χ1) is 24.7. The third kappa shape index (κ3) is 10.0. The minimum absolute atomic E-state index is 0.157. The standard InChI is InChI=1S/C21H27BN3O2.C20H27N3O/c1-15-21(25(2)14-23-15)18-10-8-16(9-11-18)12-19(27)20(24-22-13-26)17-6-4-3-5-7-17;1-14-20(23(2)13-22-14)17-10-8-15(9-11-17)12-18(24)19(21)16-6-4-3-5-7-16/h8-11,13-14,17,20,24H,3-7,12H2,1-2H3;8-11,13,16,19H,3-7,12,21H2,1-2H3/t20-;19-/m00/s1. The zero-order valence-electron chi connectivity index (χ0n) is 30.8. The van der Waals surface area contributed by atoms with Crippen molar-refractivity contribution in [1.29, 1.82) is 0 Å². The second kappa shape index (κ2) is 18.4. The summed E-state index contributed by atoms with van der Waals surface area (Å²) in [6.07, 6.45) is 16.7. The van der Waals surface area contributed by atoms with E-state index in [9.17, 15) is 14.4 Å². The van der Waals surface area contributed by atoms with E-state index >= 15 is 0 Å². The second-order valence-electron chi connectivity index (χ2n) is 14.5. The minimum atomic E-state index is -0.302. The minimum Gasteiger partial charge on any atom is -0.345 e. The van der Waals surface area contributed by atoms with Crippen molar-refractivity contribution >= 4 is 25.2 Å². The number of nitrogens with two attached hydrogens (primary N) is 1. The number of Topliss-reactive ketones (excluding diaryl/α,β-unsaturated/α-hetero) is 2. The zero-order chi connectivity index (χ0) is 36.3. The van der Waals surface area contributed by atoms with Crippen LogP contribution < -0.4 is 11.0 Å². The lowest BCUT2D eigenvalue weighted by atomic mass is 9.79. The molecule has 6 rings (SSSR count). The van der Waals surface area contributed by atoms with Gasteiger partial charge in [0.15, 0.2) is 11.6 Å². The lowest BCUT2D eigenvalue weighted by Gasteiger charge is -2.29. The molecule has 9 nitrogen and oxygen atoms in total. The van der Waals surface area contributed by atoms with Gasteiger partial charge in [-0.3, -0.25) is 9.59 Å². The maximum Gasteiger partial charge on any atom is 0.290 e. The van der Waals surface area contributed by atoms with Crippen LogP contribution in [0.25, 0.3) is 22.5 Å². The van der Waals surface area contributed by atoms with Gasteiger partial charge in [0.05, 0.1) is 53.7 Å². The van der Waals surface area contributed by atoms with Gasteiger partial charge in [-0.1, -0.05) is 87.1 Å². The number of aryl methyl sites for hydroxylation is 4. The van der Waals surface area contributed by atoms with Crippen molar-refractivity contribution in [1.82, 2.24) is 24.3 Å². The van der Waals surface area contributed by atoms with E-state index in [2.05, 4.69) is 27.3 Å². The SMILES string of the molecule is Cc1ncn(C)c1-c1ccc(CC(=O)[C@@H](N)C2CCCCC2)cc1.Cc1ncn(C)c1-c1ccc(CC(=O)[C@@H](N[B]C=O)C2CCCCC2)cc1.